The van der Waals surface area contributed by atoms with Gasteiger partial charge < -0.3 is 20.3 Å². The van der Waals surface area contributed by atoms with E-state index in [1.165, 1.54) is 17.2 Å². The number of likely N-dealkylation sites (tertiary alicyclic amines) is 1. The number of carbonyl (C=O) groups is 1. The van der Waals surface area contributed by atoms with Gasteiger partial charge in [0.05, 0.1) is 0 Å². The number of nitrogens with one attached hydrogen (secondary N) is 2. The summed E-state index contributed by atoms with van der Waals surface area (Å²) < 4.78 is 0. The number of aromatic nitrogens is 1. The predicted molar refractivity (Wildman–Crippen MR) is 126 cm³/mol. The molecule has 6 heteroatoms. The van der Waals surface area contributed by atoms with Gasteiger partial charge in [-0.15, -0.1) is 0 Å². The van der Waals surface area contributed by atoms with Crippen LogP contribution in [0.2, 0.25) is 0 Å². The zero-order chi connectivity index (χ0) is 23.0. The van der Waals surface area contributed by atoms with Crippen LogP contribution in [0, 0.1) is 17.3 Å². The van der Waals surface area contributed by atoms with Gasteiger partial charge in [0.1, 0.15) is 11.4 Å². The van der Waals surface area contributed by atoms with Gasteiger partial charge >= 0.3 is 0 Å². The first-order chi connectivity index (χ1) is 15.9. The highest BCUT2D eigenvalue weighted by Crippen LogP contribution is 2.72. The summed E-state index contributed by atoms with van der Waals surface area (Å²) in [4.78, 5) is 30.2. The Hall–Kier alpha value is -2.60. The van der Waals surface area contributed by atoms with Gasteiger partial charge in [-0.3, -0.25) is 9.59 Å². The molecule has 33 heavy (non-hydrogen) atoms. The van der Waals surface area contributed by atoms with E-state index >= 15 is 0 Å². The first kappa shape index (κ1) is 21.0. The SMILES string of the molecule is CCc1ccc(O)cc1C12CCNC(C)C13CCC1C2[C@@H](CN1C(=O)c1cccc(=O)[nH]1)C3. The number of benzene rings is 1. The van der Waals surface area contributed by atoms with Gasteiger partial charge in [-0.25, -0.2) is 0 Å². The Balaban J connectivity index is 1.49. The lowest BCUT2D eigenvalue weighted by molar-refractivity contribution is -0.0316. The Morgan fingerprint density at radius 2 is 2.09 bits per heavy atom. The minimum Gasteiger partial charge on any atom is -0.508 e. The molecule has 2 saturated carbocycles. The van der Waals surface area contributed by atoms with Crippen molar-refractivity contribution in [1.82, 2.24) is 15.2 Å². The molecule has 2 aromatic rings. The number of phenols is 1. The second kappa shape index (κ2) is 7.20. The van der Waals surface area contributed by atoms with E-state index in [4.69, 9.17) is 0 Å². The van der Waals surface area contributed by atoms with Crippen molar-refractivity contribution in [2.45, 2.75) is 63.5 Å². The van der Waals surface area contributed by atoms with Crippen LogP contribution in [0.5, 0.6) is 5.75 Å². The highest BCUT2D eigenvalue weighted by atomic mass is 16.3. The van der Waals surface area contributed by atoms with Gasteiger partial charge in [-0.2, -0.15) is 0 Å². The number of piperidine rings is 1. The lowest BCUT2D eigenvalue weighted by atomic mass is 9.47. The van der Waals surface area contributed by atoms with E-state index in [1.807, 2.05) is 12.1 Å². The van der Waals surface area contributed by atoms with Crippen LogP contribution in [-0.4, -0.2) is 46.1 Å². The summed E-state index contributed by atoms with van der Waals surface area (Å²) in [5, 5.41) is 14.3. The molecule has 6 atom stereocenters. The number of pyridine rings is 1. The van der Waals surface area contributed by atoms with Crippen molar-refractivity contribution in [2.75, 3.05) is 13.1 Å². The van der Waals surface area contributed by atoms with Crippen LogP contribution in [0.1, 0.15) is 61.1 Å². The fraction of sp³-hybridized carbons (Fsp3) is 0.556. The van der Waals surface area contributed by atoms with Crippen molar-refractivity contribution in [3.8, 4) is 5.75 Å². The van der Waals surface area contributed by atoms with Gasteiger partial charge in [0.15, 0.2) is 0 Å². The fourth-order valence-corrected chi connectivity index (χ4v) is 8.69. The van der Waals surface area contributed by atoms with Crippen molar-refractivity contribution in [3.63, 3.8) is 0 Å². The second-order valence-electron chi connectivity index (χ2n) is 10.7. The number of aryl methyl sites for hydroxylation is 1. The molecule has 3 N–H and O–H groups in total. The summed E-state index contributed by atoms with van der Waals surface area (Å²) in [5.74, 6) is 1.10. The van der Waals surface area contributed by atoms with Crippen LogP contribution in [-0.2, 0) is 11.8 Å². The molecule has 0 radical (unpaired) electrons. The molecule has 174 valence electrons. The van der Waals surface area contributed by atoms with Crippen LogP contribution in [0.3, 0.4) is 0 Å². The summed E-state index contributed by atoms with van der Waals surface area (Å²) >= 11 is 0. The minimum atomic E-state index is -0.237. The monoisotopic (exact) mass is 447 g/mol. The van der Waals surface area contributed by atoms with E-state index in [0.29, 0.717) is 29.3 Å². The standard InChI is InChI=1S/C27H33N3O3/c1-3-17-7-8-19(31)13-20(17)27-11-12-28-16(2)26(27)10-9-22-24(27)18(14-26)15-30(22)25(33)21-5-4-6-23(32)29-21/h4-8,13,16,18,22,24,28,31H,3,9-12,14-15H2,1-2H3,(H,29,32)/t16?,18-,22?,24?,26?,27?/m1/s1. The summed E-state index contributed by atoms with van der Waals surface area (Å²) in [6.45, 7) is 6.26. The number of phenolic OH excluding ortho intramolecular Hbond substituents is 1. The lowest BCUT2D eigenvalue weighted by Gasteiger charge is -2.61. The first-order valence-electron chi connectivity index (χ1n) is 12.5. The van der Waals surface area contributed by atoms with Crippen LogP contribution in [0.4, 0.5) is 0 Å². The third-order valence-electron chi connectivity index (χ3n) is 9.74. The average molecular weight is 448 g/mol. The normalized spacial score (nSPS) is 36.6. The zero-order valence-electron chi connectivity index (χ0n) is 19.4. The van der Waals surface area contributed by atoms with Crippen LogP contribution in [0.15, 0.2) is 41.2 Å². The first-order valence-corrected chi connectivity index (χ1v) is 12.5. The maximum absolute atomic E-state index is 13.6. The molecule has 1 aromatic carbocycles. The van der Waals surface area contributed by atoms with E-state index in [-0.39, 0.29) is 28.3 Å². The number of aromatic hydroxyl groups is 1. The lowest BCUT2D eigenvalue weighted by Crippen LogP contribution is -2.65. The smallest absolute Gasteiger partial charge is 0.270 e. The Labute approximate surface area is 194 Å². The molecule has 2 bridgehead atoms. The van der Waals surface area contributed by atoms with Crippen molar-refractivity contribution < 1.29 is 9.90 Å². The Kier molecular flexibility index (Phi) is 4.57. The number of hydrogen-bond acceptors (Lipinski definition) is 4. The molecular formula is C27H33N3O3. The van der Waals surface area contributed by atoms with Gasteiger partial charge in [0, 0.05) is 30.1 Å². The van der Waals surface area contributed by atoms with E-state index in [0.717, 1.165) is 45.2 Å². The van der Waals surface area contributed by atoms with Gasteiger partial charge in [0.2, 0.25) is 5.56 Å². The summed E-state index contributed by atoms with van der Waals surface area (Å²) in [6.07, 6.45) is 5.15. The maximum atomic E-state index is 13.6. The molecular weight excluding hydrogens is 414 g/mol. The Bertz CT molecular complexity index is 1180. The van der Waals surface area contributed by atoms with Crippen molar-refractivity contribution in [3.05, 3.63) is 63.6 Å². The third-order valence-corrected chi connectivity index (χ3v) is 9.74. The third kappa shape index (κ3) is 2.64. The van der Waals surface area contributed by atoms with E-state index in [1.54, 1.807) is 12.1 Å². The van der Waals surface area contributed by atoms with Crippen molar-refractivity contribution in [2.24, 2.45) is 17.3 Å². The Morgan fingerprint density at radius 1 is 1.24 bits per heavy atom. The van der Waals surface area contributed by atoms with E-state index in [2.05, 4.69) is 35.1 Å². The van der Waals surface area contributed by atoms with Crippen LogP contribution in [0.25, 0.3) is 0 Å². The molecule has 4 aliphatic rings. The number of H-pyrrole nitrogens is 1. The molecule has 3 heterocycles. The van der Waals surface area contributed by atoms with Crippen molar-refractivity contribution in [1.29, 1.82) is 0 Å². The molecule has 2 saturated heterocycles. The number of aromatic amines is 1. The number of rotatable bonds is 3. The van der Waals surface area contributed by atoms with Crippen molar-refractivity contribution >= 4 is 5.91 Å². The summed E-state index contributed by atoms with van der Waals surface area (Å²) in [6, 6.07) is 11.4. The molecule has 2 aliphatic heterocycles. The summed E-state index contributed by atoms with van der Waals surface area (Å²) in [7, 11) is 0. The quantitative estimate of drug-likeness (QED) is 0.675. The van der Waals surface area contributed by atoms with Gasteiger partial charge in [0.25, 0.3) is 5.91 Å². The number of carbonyl (C=O) groups excluding carboxylic acids is 1. The number of hydrogen-bond donors (Lipinski definition) is 3. The topological polar surface area (TPSA) is 85.4 Å². The summed E-state index contributed by atoms with van der Waals surface area (Å²) in [5.41, 5.74) is 2.89. The van der Waals surface area contributed by atoms with Gasteiger partial charge in [-0.1, -0.05) is 19.1 Å². The molecule has 2 aliphatic carbocycles. The molecule has 6 rings (SSSR count). The highest BCUT2D eigenvalue weighted by Gasteiger charge is 2.73. The molecule has 4 fully saturated rings. The molecule has 6 nitrogen and oxygen atoms in total. The average Bonchev–Trinajstić information content (AvgIpc) is 3.24. The molecule has 5 unspecified atom stereocenters. The Morgan fingerprint density at radius 3 is 2.88 bits per heavy atom. The fourth-order valence-electron chi connectivity index (χ4n) is 8.69. The minimum absolute atomic E-state index is 0.0472. The molecule has 0 spiro atoms. The number of nitrogens with zero attached hydrogens (tertiary/aromatic N) is 1. The molecule has 1 amide bonds. The van der Waals surface area contributed by atoms with Gasteiger partial charge in [-0.05, 0) is 92.1 Å². The number of amides is 1. The molecule has 1 aromatic heterocycles. The van der Waals surface area contributed by atoms with E-state index < -0.39 is 0 Å². The second-order valence-corrected chi connectivity index (χ2v) is 10.7. The maximum Gasteiger partial charge on any atom is 0.270 e. The largest absolute Gasteiger partial charge is 0.508 e. The van der Waals surface area contributed by atoms with E-state index in [9.17, 15) is 14.7 Å². The predicted octanol–water partition coefficient (Wildman–Crippen LogP) is 3.20. The zero-order valence-corrected chi connectivity index (χ0v) is 19.4. The highest BCUT2D eigenvalue weighted by molar-refractivity contribution is 5.92. The van der Waals surface area contributed by atoms with Crippen LogP contribution >= 0.6 is 0 Å². The van der Waals surface area contributed by atoms with Crippen LogP contribution < -0.4 is 10.9 Å².